The second-order valence-electron chi connectivity index (χ2n) is 8.05. The number of para-hydroxylation sites is 1. The Labute approximate surface area is 184 Å². The van der Waals surface area contributed by atoms with E-state index in [1.165, 1.54) is 34.7 Å². The summed E-state index contributed by atoms with van der Waals surface area (Å²) in [5, 5.41) is 1.58. The fraction of sp³-hybridized carbons (Fsp3) is 0.478. The number of hydrogen-bond donors (Lipinski definition) is 0. The molecule has 0 spiro atoms. The van der Waals surface area contributed by atoms with Gasteiger partial charge in [-0.2, -0.15) is 0 Å². The lowest BCUT2D eigenvalue weighted by atomic mass is 9.97. The van der Waals surface area contributed by atoms with Crippen LogP contribution < -0.4 is 10.3 Å². The molecular weight excluding hydrogens is 419 g/mol. The predicted molar refractivity (Wildman–Crippen MR) is 123 cm³/mol. The molecule has 0 saturated carbocycles. The highest BCUT2D eigenvalue weighted by atomic mass is 32.2. The van der Waals surface area contributed by atoms with E-state index in [4.69, 9.17) is 9.72 Å². The average Bonchev–Trinajstić information content (AvgIpc) is 3.10. The fourth-order valence-corrected chi connectivity index (χ4v) is 5.91. The number of benzene rings is 1. The molecule has 1 aliphatic rings. The van der Waals surface area contributed by atoms with Crippen LogP contribution >= 0.6 is 23.1 Å². The molecule has 0 N–H and O–H groups in total. The summed E-state index contributed by atoms with van der Waals surface area (Å²) in [7, 11) is 0. The zero-order valence-corrected chi connectivity index (χ0v) is 19.1. The van der Waals surface area contributed by atoms with E-state index < -0.39 is 0 Å². The highest BCUT2D eigenvalue weighted by Crippen LogP contribution is 2.34. The molecule has 0 fully saturated rings. The van der Waals surface area contributed by atoms with Crippen molar-refractivity contribution in [2.75, 3.05) is 12.4 Å². The first-order valence-electron chi connectivity index (χ1n) is 10.6. The molecule has 30 heavy (non-hydrogen) atoms. The third-order valence-corrected chi connectivity index (χ3v) is 7.50. The molecule has 0 aliphatic heterocycles. The Balaban J connectivity index is 1.58. The van der Waals surface area contributed by atoms with Gasteiger partial charge in [-0.1, -0.05) is 37.7 Å². The van der Waals surface area contributed by atoms with Crippen molar-refractivity contribution in [1.29, 1.82) is 0 Å². The Kier molecular flexibility index (Phi) is 6.78. The van der Waals surface area contributed by atoms with Crippen molar-refractivity contribution in [3.05, 3.63) is 50.9 Å². The van der Waals surface area contributed by atoms with Crippen LogP contribution in [0.15, 0.2) is 34.2 Å². The van der Waals surface area contributed by atoms with Crippen LogP contribution in [0.25, 0.3) is 10.2 Å². The summed E-state index contributed by atoms with van der Waals surface area (Å²) in [5.41, 5.74) is 1.33. The largest absolute Gasteiger partial charge is 0.490 e. The molecular formula is C23H27FN2O2S2. The number of fused-ring (bicyclic) bond motifs is 3. The van der Waals surface area contributed by atoms with E-state index in [1.54, 1.807) is 29.5 Å². The van der Waals surface area contributed by atoms with Gasteiger partial charge in [-0.25, -0.2) is 9.37 Å². The first-order valence-corrected chi connectivity index (χ1v) is 12.4. The molecule has 160 valence electrons. The van der Waals surface area contributed by atoms with Crippen LogP contribution in [-0.4, -0.2) is 21.9 Å². The molecule has 4 nitrogen and oxygen atoms in total. The molecule has 0 radical (unpaired) electrons. The van der Waals surface area contributed by atoms with Crippen LogP contribution in [0.3, 0.4) is 0 Å². The maximum Gasteiger partial charge on any atom is 0.263 e. The van der Waals surface area contributed by atoms with E-state index in [2.05, 4.69) is 13.8 Å². The fourth-order valence-electron chi connectivity index (χ4n) is 3.76. The molecule has 0 atom stereocenters. The molecule has 4 rings (SSSR count). The van der Waals surface area contributed by atoms with Gasteiger partial charge < -0.3 is 4.74 Å². The first-order chi connectivity index (χ1) is 14.5. The van der Waals surface area contributed by atoms with Crippen LogP contribution in [0.5, 0.6) is 5.75 Å². The van der Waals surface area contributed by atoms with Gasteiger partial charge in [-0.15, -0.1) is 11.3 Å². The maximum absolute atomic E-state index is 13.7. The van der Waals surface area contributed by atoms with Gasteiger partial charge >= 0.3 is 0 Å². The summed E-state index contributed by atoms with van der Waals surface area (Å²) in [6.45, 7) is 5.35. The van der Waals surface area contributed by atoms with Crippen molar-refractivity contribution in [3.63, 3.8) is 0 Å². The molecule has 0 amide bonds. The molecule has 0 bridgehead atoms. The van der Waals surface area contributed by atoms with E-state index >= 15 is 0 Å². The van der Waals surface area contributed by atoms with Crippen LogP contribution in [0, 0.1) is 11.7 Å². The Morgan fingerprint density at radius 1 is 1.27 bits per heavy atom. The Morgan fingerprint density at radius 2 is 2.07 bits per heavy atom. The number of nitrogens with zero attached hydrogens (tertiary/aromatic N) is 2. The molecule has 1 aliphatic carbocycles. The minimum atomic E-state index is -0.361. The Morgan fingerprint density at radius 3 is 2.87 bits per heavy atom. The minimum absolute atomic E-state index is 0.0950. The van der Waals surface area contributed by atoms with Crippen molar-refractivity contribution in [2.45, 2.75) is 57.7 Å². The second kappa shape index (κ2) is 9.52. The summed E-state index contributed by atoms with van der Waals surface area (Å²) in [4.78, 5) is 20.5. The van der Waals surface area contributed by atoms with E-state index in [0.29, 0.717) is 24.8 Å². The van der Waals surface area contributed by atoms with Gasteiger partial charge in [0.15, 0.2) is 16.7 Å². The van der Waals surface area contributed by atoms with E-state index in [-0.39, 0.29) is 17.1 Å². The minimum Gasteiger partial charge on any atom is -0.490 e. The molecule has 0 unspecified atom stereocenters. The second-order valence-corrected chi connectivity index (χ2v) is 10.2. The van der Waals surface area contributed by atoms with Gasteiger partial charge in [-0.3, -0.25) is 9.36 Å². The lowest BCUT2D eigenvalue weighted by Crippen LogP contribution is -2.24. The molecule has 2 aromatic heterocycles. The normalized spacial score (nSPS) is 13.7. The highest BCUT2D eigenvalue weighted by Gasteiger charge is 2.22. The highest BCUT2D eigenvalue weighted by molar-refractivity contribution is 7.99. The Hall–Kier alpha value is -1.86. The number of ether oxygens (including phenoxy) is 1. The summed E-state index contributed by atoms with van der Waals surface area (Å²) < 4.78 is 21.1. The zero-order valence-electron chi connectivity index (χ0n) is 17.4. The summed E-state index contributed by atoms with van der Waals surface area (Å²) in [6, 6.07) is 6.41. The van der Waals surface area contributed by atoms with Gasteiger partial charge in [0.25, 0.3) is 5.56 Å². The summed E-state index contributed by atoms with van der Waals surface area (Å²) in [5.74, 6) is 0.995. The average molecular weight is 447 g/mol. The van der Waals surface area contributed by atoms with Crippen molar-refractivity contribution in [2.24, 2.45) is 5.92 Å². The van der Waals surface area contributed by atoms with Crippen molar-refractivity contribution in [1.82, 2.24) is 9.55 Å². The van der Waals surface area contributed by atoms with Crippen molar-refractivity contribution >= 4 is 33.3 Å². The van der Waals surface area contributed by atoms with Gasteiger partial charge in [0.05, 0.1) is 12.0 Å². The monoisotopic (exact) mass is 446 g/mol. The van der Waals surface area contributed by atoms with Crippen LogP contribution in [0.4, 0.5) is 4.39 Å². The standard InChI is InChI=1S/C23H27FN2O2S2/c1-15(2)11-12-26-22(27)20-16-7-3-6-10-19(16)30-21(20)25-23(26)29-14-13-28-18-9-5-4-8-17(18)24/h4-5,8-9,15H,3,6-7,10-14H2,1-2H3. The first kappa shape index (κ1) is 21.4. The molecule has 1 aromatic carbocycles. The molecule has 3 aromatic rings. The van der Waals surface area contributed by atoms with Gasteiger partial charge in [0.1, 0.15) is 4.83 Å². The maximum atomic E-state index is 13.7. The zero-order chi connectivity index (χ0) is 21.1. The molecule has 2 heterocycles. The number of halogens is 1. The van der Waals surface area contributed by atoms with Crippen LogP contribution in [0.2, 0.25) is 0 Å². The van der Waals surface area contributed by atoms with E-state index in [9.17, 15) is 9.18 Å². The third-order valence-electron chi connectivity index (χ3n) is 5.38. The number of thioether (sulfide) groups is 1. The number of hydrogen-bond acceptors (Lipinski definition) is 5. The predicted octanol–water partition coefficient (Wildman–Crippen LogP) is 5.69. The lowest BCUT2D eigenvalue weighted by molar-refractivity contribution is 0.324. The van der Waals surface area contributed by atoms with Crippen LogP contribution in [0.1, 0.15) is 43.6 Å². The SMILES string of the molecule is CC(C)CCn1c(SCCOc2ccccc2F)nc2sc3c(c2c1=O)CCCC3. The third kappa shape index (κ3) is 4.57. The topological polar surface area (TPSA) is 44.1 Å². The number of thiophene rings is 1. The van der Waals surface area contributed by atoms with Gasteiger partial charge in [-0.05, 0) is 55.7 Å². The quantitative estimate of drug-likeness (QED) is 0.253. The lowest BCUT2D eigenvalue weighted by Gasteiger charge is -2.14. The number of rotatable bonds is 8. The van der Waals surface area contributed by atoms with Gasteiger partial charge in [0.2, 0.25) is 0 Å². The molecule has 7 heteroatoms. The summed E-state index contributed by atoms with van der Waals surface area (Å²) >= 11 is 3.19. The Bertz CT molecular complexity index is 1090. The van der Waals surface area contributed by atoms with Gasteiger partial charge in [0, 0.05) is 17.2 Å². The summed E-state index contributed by atoms with van der Waals surface area (Å²) in [6.07, 6.45) is 5.31. The number of aromatic nitrogens is 2. The van der Waals surface area contributed by atoms with Crippen molar-refractivity contribution < 1.29 is 9.13 Å². The molecule has 0 saturated heterocycles. The smallest absolute Gasteiger partial charge is 0.263 e. The van der Waals surface area contributed by atoms with Crippen LogP contribution in [-0.2, 0) is 19.4 Å². The van der Waals surface area contributed by atoms with E-state index in [0.717, 1.165) is 41.1 Å². The van der Waals surface area contributed by atoms with E-state index in [1.807, 2.05) is 4.57 Å². The number of aryl methyl sites for hydroxylation is 2. The van der Waals surface area contributed by atoms with Crippen molar-refractivity contribution in [3.8, 4) is 5.75 Å².